The van der Waals surface area contributed by atoms with Gasteiger partial charge < -0.3 is 10.2 Å². The first-order valence-electron chi connectivity index (χ1n) is 7.98. The van der Waals surface area contributed by atoms with E-state index < -0.39 is 0 Å². The average Bonchev–Trinajstić information content (AvgIpc) is 2.96. The molecule has 2 fully saturated rings. The van der Waals surface area contributed by atoms with E-state index in [0.717, 1.165) is 18.6 Å². The van der Waals surface area contributed by atoms with Gasteiger partial charge in [0.25, 0.3) is 0 Å². The molecule has 0 radical (unpaired) electrons. The highest BCUT2D eigenvalue weighted by atomic mass is 32.1. The Morgan fingerprint density at radius 3 is 2.55 bits per heavy atom. The standard InChI is InChI=1S/C16H27N3S/c1-5-17-16(15-18-14(10-20-15)11(2)3)8-12-6-7-13(9-16)19(12)4/h10-13,17H,5-9H2,1-4H3. The molecular formula is C16H27N3S. The number of fused-ring (bicyclic) bond motifs is 2. The molecule has 2 bridgehead atoms. The van der Waals surface area contributed by atoms with E-state index in [1.54, 1.807) is 0 Å². The predicted molar refractivity (Wildman–Crippen MR) is 85.4 cm³/mol. The maximum Gasteiger partial charge on any atom is 0.113 e. The van der Waals surface area contributed by atoms with Crippen LogP contribution in [0.2, 0.25) is 0 Å². The van der Waals surface area contributed by atoms with Gasteiger partial charge in [0.1, 0.15) is 5.01 Å². The monoisotopic (exact) mass is 293 g/mol. The van der Waals surface area contributed by atoms with Crippen molar-refractivity contribution in [2.45, 2.75) is 70.0 Å². The van der Waals surface area contributed by atoms with Gasteiger partial charge in [0.05, 0.1) is 11.2 Å². The summed E-state index contributed by atoms with van der Waals surface area (Å²) in [6.07, 6.45) is 5.16. The Morgan fingerprint density at radius 2 is 2.05 bits per heavy atom. The maximum atomic E-state index is 4.98. The van der Waals surface area contributed by atoms with Gasteiger partial charge in [-0.1, -0.05) is 20.8 Å². The second kappa shape index (κ2) is 5.39. The molecule has 3 nitrogen and oxygen atoms in total. The summed E-state index contributed by atoms with van der Waals surface area (Å²) in [4.78, 5) is 7.59. The summed E-state index contributed by atoms with van der Waals surface area (Å²) in [5, 5.41) is 7.40. The summed E-state index contributed by atoms with van der Waals surface area (Å²) < 4.78 is 0. The van der Waals surface area contributed by atoms with Crippen molar-refractivity contribution in [1.29, 1.82) is 0 Å². The minimum absolute atomic E-state index is 0.130. The van der Waals surface area contributed by atoms with Crippen LogP contribution in [0.3, 0.4) is 0 Å². The first kappa shape index (κ1) is 14.5. The van der Waals surface area contributed by atoms with Crippen LogP contribution in [0.15, 0.2) is 5.38 Å². The number of nitrogens with zero attached hydrogens (tertiary/aromatic N) is 2. The molecule has 0 spiro atoms. The van der Waals surface area contributed by atoms with Crippen molar-refractivity contribution < 1.29 is 0 Å². The fraction of sp³-hybridized carbons (Fsp3) is 0.812. The zero-order chi connectivity index (χ0) is 14.3. The summed E-state index contributed by atoms with van der Waals surface area (Å²) in [6.45, 7) is 7.72. The first-order chi connectivity index (χ1) is 9.55. The van der Waals surface area contributed by atoms with Crippen molar-refractivity contribution in [2.24, 2.45) is 0 Å². The van der Waals surface area contributed by atoms with Crippen LogP contribution in [0.5, 0.6) is 0 Å². The van der Waals surface area contributed by atoms with Gasteiger partial charge in [-0.2, -0.15) is 0 Å². The third-order valence-electron chi connectivity index (χ3n) is 5.19. The molecule has 3 heterocycles. The second-order valence-electron chi connectivity index (χ2n) is 6.80. The molecule has 1 N–H and O–H groups in total. The number of hydrogen-bond donors (Lipinski definition) is 1. The van der Waals surface area contributed by atoms with Crippen LogP contribution in [-0.2, 0) is 5.54 Å². The molecule has 0 amide bonds. The van der Waals surface area contributed by atoms with Gasteiger partial charge in [-0.05, 0) is 45.2 Å². The Kier molecular flexibility index (Phi) is 3.91. The molecule has 112 valence electrons. The van der Waals surface area contributed by atoms with Crippen molar-refractivity contribution in [3.8, 4) is 0 Å². The lowest BCUT2D eigenvalue weighted by molar-refractivity contribution is 0.0898. The fourth-order valence-electron chi connectivity index (χ4n) is 3.97. The largest absolute Gasteiger partial charge is 0.306 e. The number of aromatic nitrogens is 1. The lowest BCUT2D eigenvalue weighted by atomic mass is 9.83. The molecule has 2 aliphatic heterocycles. The quantitative estimate of drug-likeness (QED) is 0.923. The van der Waals surface area contributed by atoms with Crippen molar-refractivity contribution in [1.82, 2.24) is 15.2 Å². The summed E-state index contributed by atoms with van der Waals surface area (Å²) >= 11 is 1.86. The molecule has 0 saturated carbocycles. The third-order valence-corrected chi connectivity index (χ3v) is 6.26. The normalized spacial score (nSPS) is 34.0. The Hall–Kier alpha value is -0.450. The highest BCUT2D eigenvalue weighted by molar-refractivity contribution is 7.09. The van der Waals surface area contributed by atoms with E-state index in [0.29, 0.717) is 5.92 Å². The van der Waals surface area contributed by atoms with Crippen LogP contribution in [0, 0.1) is 0 Å². The van der Waals surface area contributed by atoms with Gasteiger partial charge in [-0.3, -0.25) is 0 Å². The van der Waals surface area contributed by atoms with Gasteiger partial charge >= 0.3 is 0 Å². The topological polar surface area (TPSA) is 28.2 Å². The Morgan fingerprint density at radius 1 is 1.40 bits per heavy atom. The molecule has 1 aromatic rings. The van der Waals surface area contributed by atoms with Crippen LogP contribution < -0.4 is 5.32 Å². The summed E-state index contributed by atoms with van der Waals surface area (Å²) in [6, 6.07) is 1.47. The third kappa shape index (κ3) is 2.32. The molecule has 1 aromatic heterocycles. The van der Waals surface area contributed by atoms with Crippen LogP contribution in [0.1, 0.15) is 63.1 Å². The highest BCUT2D eigenvalue weighted by Gasteiger charge is 2.48. The van der Waals surface area contributed by atoms with Crippen LogP contribution in [-0.4, -0.2) is 35.6 Å². The van der Waals surface area contributed by atoms with Crippen LogP contribution in [0.4, 0.5) is 0 Å². The molecule has 2 saturated heterocycles. The molecule has 20 heavy (non-hydrogen) atoms. The number of piperidine rings is 1. The second-order valence-corrected chi connectivity index (χ2v) is 7.66. The lowest BCUT2D eigenvalue weighted by Gasteiger charge is -2.44. The van der Waals surface area contributed by atoms with Gasteiger partial charge in [0.15, 0.2) is 0 Å². The van der Waals surface area contributed by atoms with E-state index in [4.69, 9.17) is 4.98 Å². The molecule has 4 heteroatoms. The maximum absolute atomic E-state index is 4.98. The van der Waals surface area contributed by atoms with Crippen molar-refractivity contribution in [2.75, 3.05) is 13.6 Å². The summed E-state index contributed by atoms with van der Waals surface area (Å²) in [7, 11) is 2.31. The van der Waals surface area contributed by atoms with Gasteiger partial charge in [0.2, 0.25) is 0 Å². The first-order valence-corrected chi connectivity index (χ1v) is 8.86. The van der Waals surface area contributed by atoms with Crippen molar-refractivity contribution >= 4 is 11.3 Å². The van der Waals surface area contributed by atoms with Crippen molar-refractivity contribution in [3.05, 3.63) is 16.1 Å². The van der Waals surface area contributed by atoms with Crippen LogP contribution in [0.25, 0.3) is 0 Å². The van der Waals surface area contributed by atoms with Crippen LogP contribution >= 0.6 is 11.3 Å². The van der Waals surface area contributed by atoms with Gasteiger partial charge in [-0.15, -0.1) is 11.3 Å². The van der Waals surface area contributed by atoms with Gasteiger partial charge in [0, 0.05) is 17.5 Å². The summed E-state index contributed by atoms with van der Waals surface area (Å²) in [5.74, 6) is 0.529. The smallest absolute Gasteiger partial charge is 0.113 e. The average molecular weight is 293 g/mol. The molecule has 3 rings (SSSR count). The zero-order valence-electron chi connectivity index (χ0n) is 13.1. The van der Waals surface area contributed by atoms with E-state index in [-0.39, 0.29) is 5.54 Å². The van der Waals surface area contributed by atoms with E-state index in [9.17, 15) is 0 Å². The Bertz CT molecular complexity index is 454. The minimum Gasteiger partial charge on any atom is -0.306 e. The Balaban J connectivity index is 1.92. The molecule has 2 atom stereocenters. The number of hydrogen-bond acceptors (Lipinski definition) is 4. The molecule has 2 unspecified atom stereocenters. The molecule has 2 aliphatic rings. The molecule has 0 aliphatic carbocycles. The van der Waals surface area contributed by atoms with E-state index in [1.165, 1.54) is 36.4 Å². The Labute approximate surface area is 126 Å². The lowest BCUT2D eigenvalue weighted by Crippen LogP contribution is -2.54. The number of rotatable bonds is 4. The minimum atomic E-state index is 0.130. The number of nitrogens with one attached hydrogen (secondary N) is 1. The highest BCUT2D eigenvalue weighted by Crippen LogP contribution is 2.45. The molecule has 0 aromatic carbocycles. The van der Waals surface area contributed by atoms with Crippen molar-refractivity contribution in [3.63, 3.8) is 0 Å². The molecular weight excluding hydrogens is 266 g/mol. The SMILES string of the molecule is CCNC1(c2nc(C(C)C)cs2)CC2CCC(C1)N2C. The fourth-order valence-corrected chi connectivity index (χ4v) is 5.15. The van der Waals surface area contributed by atoms with E-state index >= 15 is 0 Å². The van der Waals surface area contributed by atoms with E-state index in [2.05, 4.69) is 43.4 Å². The number of thiazole rings is 1. The van der Waals surface area contributed by atoms with E-state index in [1.807, 2.05) is 11.3 Å². The predicted octanol–water partition coefficient (Wildman–Crippen LogP) is 3.33. The zero-order valence-corrected chi connectivity index (χ0v) is 14.0. The van der Waals surface area contributed by atoms with Gasteiger partial charge in [-0.25, -0.2) is 4.98 Å². The summed E-state index contributed by atoms with van der Waals surface area (Å²) in [5.41, 5.74) is 1.39.